The average molecular weight is 170 g/mol. The number of rotatable bonds is 2. The zero-order valence-corrected chi connectivity index (χ0v) is 7.52. The first-order valence-electron chi connectivity index (χ1n) is 3.66. The molecule has 0 aliphatic rings. The fourth-order valence-electron chi connectivity index (χ4n) is 0.965. The van der Waals surface area contributed by atoms with E-state index in [2.05, 4.69) is 24.4 Å². The molecule has 0 aromatic heterocycles. The van der Waals surface area contributed by atoms with Crippen LogP contribution in [0.25, 0.3) is 0 Å². The molecule has 0 fully saturated rings. The summed E-state index contributed by atoms with van der Waals surface area (Å²) in [6.45, 7) is 3.97. The molecule has 1 atom stereocenters. The molecule has 0 aliphatic carbocycles. The maximum absolute atomic E-state index is 5.75. The summed E-state index contributed by atoms with van der Waals surface area (Å²) in [7, 11) is 0. The molecule has 0 amide bonds. The highest BCUT2D eigenvalue weighted by atomic mass is 35.5. The smallest absolute Gasteiger partial charge is 0.0984 e. The van der Waals surface area contributed by atoms with Crippen LogP contribution in [0.5, 0.6) is 0 Å². The Labute approximate surface area is 72.4 Å². The van der Waals surface area contributed by atoms with E-state index in [1.807, 2.05) is 19.1 Å². The Morgan fingerprint density at radius 1 is 1.45 bits per heavy atom. The standard InChI is InChI=1S/C9H12ClN/c1-7-4-3-5-9(6-7)11-8(2)10/h3-6,8,11H,1-2H3. The molecule has 0 heterocycles. The Kier molecular flexibility index (Phi) is 2.77. The molecule has 0 saturated heterocycles. The number of hydrogen-bond donors (Lipinski definition) is 1. The summed E-state index contributed by atoms with van der Waals surface area (Å²) in [6, 6.07) is 8.14. The van der Waals surface area contributed by atoms with Gasteiger partial charge in [0.25, 0.3) is 0 Å². The first-order chi connectivity index (χ1) is 5.18. The third kappa shape index (κ3) is 2.81. The Hall–Kier alpha value is -0.690. The third-order valence-corrected chi connectivity index (χ3v) is 1.49. The number of anilines is 1. The second-order valence-corrected chi connectivity index (χ2v) is 3.28. The summed E-state index contributed by atoms with van der Waals surface area (Å²) in [6.07, 6.45) is 0. The van der Waals surface area contributed by atoms with Crippen LogP contribution in [0.15, 0.2) is 24.3 Å². The number of nitrogens with one attached hydrogen (secondary N) is 1. The summed E-state index contributed by atoms with van der Waals surface area (Å²) in [5.41, 5.74) is 2.30. The minimum atomic E-state index is -0.0169. The van der Waals surface area contributed by atoms with Crippen molar-refractivity contribution in [3.8, 4) is 0 Å². The van der Waals surface area contributed by atoms with Gasteiger partial charge in [-0.1, -0.05) is 23.7 Å². The number of alkyl halides is 1. The van der Waals surface area contributed by atoms with Crippen molar-refractivity contribution in [1.29, 1.82) is 0 Å². The van der Waals surface area contributed by atoms with Crippen molar-refractivity contribution in [1.82, 2.24) is 0 Å². The van der Waals surface area contributed by atoms with Crippen LogP contribution in [0, 0.1) is 6.92 Å². The zero-order valence-electron chi connectivity index (χ0n) is 6.76. The molecule has 0 aliphatic heterocycles. The molecule has 1 N–H and O–H groups in total. The van der Waals surface area contributed by atoms with Crippen LogP contribution in [0.2, 0.25) is 0 Å². The van der Waals surface area contributed by atoms with Gasteiger partial charge in [-0.05, 0) is 31.5 Å². The van der Waals surface area contributed by atoms with E-state index in [4.69, 9.17) is 11.6 Å². The highest BCUT2D eigenvalue weighted by molar-refractivity contribution is 6.21. The van der Waals surface area contributed by atoms with E-state index in [0.29, 0.717) is 0 Å². The van der Waals surface area contributed by atoms with Crippen LogP contribution in [0.3, 0.4) is 0 Å². The van der Waals surface area contributed by atoms with Crippen molar-refractivity contribution in [3.63, 3.8) is 0 Å². The first-order valence-corrected chi connectivity index (χ1v) is 4.09. The van der Waals surface area contributed by atoms with Crippen LogP contribution in [0.4, 0.5) is 5.69 Å². The van der Waals surface area contributed by atoms with Crippen molar-refractivity contribution in [2.75, 3.05) is 5.32 Å². The molecule has 1 unspecified atom stereocenters. The molecular formula is C9H12ClN. The van der Waals surface area contributed by atoms with E-state index < -0.39 is 0 Å². The normalized spacial score (nSPS) is 12.6. The molecule has 0 saturated carbocycles. The lowest BCUT2D eigenvalue weighted by Crippen LogP contribution is -2.06. The molecule has 1 aromatic rings. The van der Waals surface area contributed by atoms with Crippen LogP contribution >= 0.6 is 11.6 Å². The largest absolute Gasteiger partial charge is 0.369 e. The Bertz CT molecular complexity index is 233. The fourth-order valence-corrected chi connectivity index (χ4v) is 1.09. The van der Waals surface area contributed by atoms with Gasteiger partial charge in [0.15, 0.2) is 0 Å². The molecule has 1 aromatic carbocycles. The highest BCUT2D eigenvalue weighted by Gasteiger charge is 1.94. The first kappa shape index (κ1) is 8.41. The van der Waals surface area contributed by atoms with Gasteiger partial charge in [-0.25, -0.2) is 0 Å². The van der Waals surface area contributed by atoms with Crippen molar-refractivity contribution < 1.29 is 0 Å². The van der Waals surface area contributed by atoms with Crippen LogP contribution < -0.4 is 5.32 Å². The van der Waals surface area contributed by atoms with E-state index in [9.17, 15) is 0 Å². The predicted octanol–water partition coefficient (Wildman–Crippen LogP) is 2.99. The molecule has 2 heteroatoms. The van der Waals surface area contributed by atoms with Crippen molar-refractivity contribution in [2.45, 2.75) is 19.3 Å². The van der Waals surface area contributed by atoms with E-state index in [1.165, 1.54) is 5.56 Å². The molecule has 60 valence electrons. The zero-order chi connectivity index (χ0) is 8.27. The fraction of sp³-hybridized carbons (Fsp3) is 0.333. The molecule has 11 heavy (non-hydrogen) atoms. The SMILES string of the molecule is Cc1cccc(NC(C)Cl)c1. The van der Waals surface area contributed by atoms with Gasteiger partial charge < -0.3 is 5.32 Å². The lowest BCUT2D eigenvalue weighted by molar-refractivity contribution is 1.11. The molecule has 1 nitrogen and oxygen atoms in total. The summed E-state index contributed by atoms with van der Waals surface area (Å²) >= 11 is 5.75. The summed E-state index contributed by atoms with van der Waals surface area (Å²) in [5.74, 6) is 0. The molecule has 0 bridgehead atoms. The molecule has 0 spiro atoms. The average Bonchev–Trinajstić information content (AvgIpc) is 1.85. The van der Waals surface area contributed by atoms with Gasteiger partial charge in [-0.3, -0.25) is 0 Å². The third-order valence-electron chi connectivity index (χ3n) is 1.38. The van der Waals surface area contributed by atoms with Crippen molar-refractivity contribution in [3.05, 3.63) is 29.8 Å². The second kappa shape index (κ2) is 3.63. The van der Waals surface area contributed by atoms with Crippen molar-refractivity contribution in [2.24, 2.45) is 0 Å². The van der Waals surface area contributed by atoms with E-state index in [1.54, 1.807) is 0 Å². The highest BCUT2D eigenvalue weighted by Crippen LogP contribution is 2.11. The Morgan fingerprint density at radius 2 is 2.18 bits per heavy atom. The Morgan fingerprint density at radius 3 is 2.73 bits per heavy atom. The minimum Gasteiger partial charge on any atom is -0.369 e. The van der Waals surface area contributed by atoms with E-state index >= 15 is 0 Å². The topological polar surface area (TPSA) is 12.0 Å². The summed E-state index contributed by atoms with van der Waals surface area (Å²) in [4.78, 5) is 0. The lowest BCUT2D eigenvalue weighted by Gasteiger charge is -2.07. The summed E-state index contributed by atoms with van der Waals surface area (Å²) in [5, 5.41) is 3.11. The second-order valence-electron chi connectivity index (χ2n) is 2.63. The van der Waals surface area contributed by atoms with Crippen molar-refractivity contribution >= 4 is 17.3 Å². The number of halogens is 1. The number of benzene rings is 1. The van der Waals surface area contributed by atoms with Gasteiger partial charge in [-0.15, -0.1) is 0 Å². The molecule has 1 rings (SSSR count). The van der Waals surface area contributed by atoms with E-state index in [-0.39, 0.29) is 5.50 Å². The number of hydrogen-bond acceptors (Lipinski definition) is 1. The quantitative estimate of drug-likeness (QED) is 0.530. The predicted molar refractivity (Wildman–Crippen MR) is 50.1 cm³/mol. The van der Waals surface area contributed by atoms with Gasteiger partial charge in [-0.2, -0.15) is 0 Å². The maximum Gasteiger partial charge on any atom is 0.0984 e. The molecule has 0 radical (unpaired) electrons. The van der Waals surface area contributed by atoms with Gasteiger partial charge in [0.05, 0.1) is 5.50 Å². The van der Waals surface area contributed by atoms with Gasteiger partial charge in [0.2, 0.25) is 0 Å². The van der Waals surface area contributed by atoms with Crippen LogP contribution in [-0.4, -0.2) is 5.50 Å². The molecular weight excluding hydrogens is 158 g/mol. The summed E-state index contributed by atoms with van der Waals surface area (Å²) < 4.78 is 0. The maximum atomic E-state index is 5.75. The number of aryl methyl sites for hydroxylation is 1. The van der Waals surface area contributed by atoms with Gasteiger partial charge >= 0.3 is 0 Å². The van der Waals surface area contributed by atoms with Crippen LogP contribution in [-0.2, 0) is 0 Å². The lowest BCUT2D eigenvalue weighted by atomic mass is 10.2. The minimum absolute atomic E-state index is 0.0169. The van der Waals surface area contributed by atoms with Gasteiger partial charge in [0, 0.05) is 5.69 Å². The van der Waals surface area contributed by atoms with Gasteiger partial charge in [0.1, 0.15) is 0 Å². The monoisotopic (exact) mass is 169 g/mol. The van der Waals surface area contributed by atoms with E-state index in [0.717, 1.165) is 5.69 Å². The Balaban J connectivity index is 2.71. The van der Waals surface area contributed by atoms with Crippen LogP contribution in [0.1, 0.15) is 12.5 Å².